The molecule has 0 aliphatic carbocycles. The van der Waals surface area contributed by atoms with Gasteiger partial charge in [0, 0.05) is 0 Å². The Labute approximate surface area is 111 Å². The Morgan fingerprint density at radius 2 is 1.26 bits per heavy atom. The third-order valence-corrected chi connectivity index (χ3v) is 3.03. The Morgan fingerprint density at radius 1 is 0.895 bits per heavy atom. The molecule has 0 rings (SSSR count). The lowest BCUT2D eigenvalue weighted by atomic mass is 9.65. The average Bonchev–Trinajstić information content (AvgIpc) is 2.23. The first-order valence-electron chi connectivity index (χ1n) is 5.84. The largest absolute Gasteiger partial charge is 0.465 e. The van der Waals surface area contributed by atoms with Crippen LogP contribution in [-0.2, 0) is 28.7 Å². The molecule has 0 fully saturated rings. The molecular weight excluding hydrogens is 252 g/mol. The van der Waals surface area contributed by atoms with Gasteiger partial charge in [-0.2, -0.15) is 0 Å². The van der Waals surface area contributed by atoms with Crippen LogP contribution in [0.3, 0.4) is 0 Å². The minimum absolute atomic E-state index is 0.0214. The van der Waals surface area contributed by atoms with Crippen LogP contribution in [0.15, 0.2) is 0 Å². The Kier molecular flexibility index (Phi) is 5.74. The molecule has 0 spiro atoms. The normalized spacial score (nSPS) is 12.5. The molecule has 0 saturated heterocycles. The van der Waals surface area contributed by atoms with E-state index >= 15 is 0 Å². The fourth-order valence-electron chi connectivity index (χ4n) is 2.23. The van der Waals surface area contributed by atoms with Crippen LogP contribution >= 0.6 is 0 Å². The Morgan fingerprint density at radius 3 is 1.47 bits per heavy atom. The van der Waals surface area contributed by atoms with Gasteiger partial charge in [-0.05, 0) is 34.6 Å². The molecule has 0 N–H and O–H groups in total. The van der Waals surface area contributed by atoms with Gasteiger partial charge in [0.05, 0.1) is 6.61 Å². The van der Waals surface area contributed by atoms with Gasteiger partial charge in [-0.15, -0.1) is 0 Å². The van der Waals surface area contributed by atoms with Gasteiger partial charge in [-0.1, -0.05) is 0 Å². The highest BCUT2D eigenvalue weighted by Crippen LogP contribution is 2.33. The van der Waals surface area contributed by atoms with Crippen molar-refractivity contribution in [2.45, 2.75) is 34.6 Å². The second-order valence-corrected chi connectivity index (χ2v) is 4.27. The van der Waals surface area contributed by atoms with Gasteiger partial charge in [-0.25, -0.2) is 0 Å². The second-order valence-electron chi connectivity index (χ2n) is 4.27. The van der Waals surface area contributed by atoms with E-state index in [1.165, 1.54) is 6.92 Å². The van der Waals surface area contributed by atoms with E-state index in [2.05, 4.69) is 0 Å². The summed E-state index contributed by atoms with van der Waals surface area (Å²) in [5.74, 6) is -6.00. The lowest BCUT2D eigenvalue weighted by Crippen LogP contribution is -2.54. The first-order chi connectivity index (χ1) is 8.63. The van der Waals surface area contributed by atoms with Crippen LogP contribution in [0.1, 0.15) is 34.6 Å². The molecule has 6 heteroatoms. The van der Waals surface area contributed by atoms with Crippen LogP contribution in [0.4, 0.5) is 0 Å². The molecule has 0 aromatic carbocycles. The quantitative estimate of drug-likeness (QED) is 0.494. The number of Topliss-reactive ketones (excluding diaryl/α,β-unsaturated/α-hetero) is 4. The van der Waals surface area contributed by atoms with Crippen molar-refractivity contribution in [3.63, 3.8) is 0 Å². The van der Waals surface area contributed by atoms with E-state index in [-0.39, 0.29) is 6.61 Å². The van der Waals surface area contributed by atoms with Gasteiger partial charge < -0.3 is 4.74 Å². The molecule has 0 aromatic rings. The highest BCUT2D eigenvalue weighted by molar-refractivity contribution is 6.28. The standard InChI is InChI=1S/C13H18O6/c1-6-19-12(18)11(7(2)14)13(8(3)15,9(4)16)10(5)17/h11H,6H2,1-5H3. The number of esters is 1. The van der Waals surface area contributed by atoms with Crippen LogP contribution in [0.25, 0.3) is 0 Å². The zero-order chi connectivity index (χ0) is 15.4. The van der Waals surface area contributed by atoms with Gasteiger partial charge in [-0.3, -0.25) is 24.0 Å². The van der Waals surface area contributed by atoms with Crippen molar-refractivity contribution >= 4 is 29.1 Å². The Bertz CT molecular complexity index is 398. The summed E-state index contributed by atoms with van der Waals surface area (Å²) in [4.78, 5) is 58.9. The fraction of sp³-hybridized carbons (Fsp3) is 0.615. The van der Waals surface area contributed by atoms with Gasteiger partial charge in [0.25, 0.3) is 0 Å². The van der Waals surface area contributed by atoms with E-state index in [9.17, 15) is 24.0 Å². The summed E-state index contributed by atoms with van der Waals surface area (Å²) >= 11 is 0. The van der Waals surface area contributed by atoms with Gasteiger partial charge in [0.15, 0.2) is 22.8 Å². The molecule has 1 unspecified atom stereocenters. The topological polar surface area (TPSA) is 94.6 Å². The van der Waals surface area contributed by atoms with Crippen LogP contribution in [-0.4, -0.2) is 35.7 Å². The summed E-state index contributed by atoms with van der Waals surface area (Å²) in [6.45, 7) is 5.58. The predicted molar refractivity (Wildman–Crippen MR) is 65.3 cm³/mol. The molecule has 0 amide bonds. The first kappa shape index (κ1) is 17.2. The van der Waals surface area contributed by atoms with Crippen molar-refractivity contribution in [2.75, 3.05) is 6.61 Å². The van der Waals surface area contributed by atoms with E-state index in [0.29, 0.717) is 0 Å². The highest BCUT2D eigenvalue weighted by atomic mass is 16.5. The molecule has 0 radical (unpaired) electrons. The van der Waals surface area contributed by atoms with Crippen LogP contribution in [0.2, 0.25) is 0 Å². The zero-order valence-corrected chi connectivity index (χ0v) is 11.7. The van der Waals surface area contributed by atoms with Gasteiger partial charge >= 0.3 is 5.97 Å². The predicted octanol–water partition coefficient (Wildman–Crippen LogP) is 0.508. The summed E-state index contributed by atoms with van der Waals surface area (Å²) < 4.78 is 4.71. The van der Waals surface area contributed by atoms with Crippen molar-refractivity contribution < 1.29 is 28.7 Å². The highest BCUT2D eigenvalue weighted by Gasteiger charge is 2.57. The minimum Gasteiger partial charge on any atom is -0.465 e. The molecule has 0 aliphatic heterocycles. The SMILES string of the molecule is CCOC(=O)C(C(C)=O)C(C(C)=O)(C(C)=O)C(C)=O. The summed E-state index contributed by atoms with van der Waals surface area (Å²) in [6, 6.07) is 0. The lowest BCUT2D eigenvalue weighted by molar-refractivity contribution is -0.167. The molecule has 6 nitrogen and oxygen atoms in total. The molecule has 1 atom stereocenters. The number of carbonyl (C=O) groups is 5. The smallest absolute Gasteiger partial charge is 0.318 e. The average molecular weight is 270 g/mol. The summed E-state index contributed by atoms with van der Waals surface area (Å²) in [5, 5.41) is 0. The Balaban J connectivity index is 6.12. The molecule has 0 heterocycles. The third-order valence-electron chi connectivity index (χ3n) is 3.03. The number of carbonyl (C=O) groups excluding carboxylic acids is 5. The molecule has 0 aliphatic rings. The van der Waals surface area contributed by atoms with Gasteiger partial charge in [0.1, 0.15) is 11.7 Å². The molecule has 19 heavy (non-hydrogen) atoms. The van der Waals surface area contributed by atoms with E-state index in [1.807, 2.05) is 0 Å². The van der Waals surface area contributed by atoms with Crippen molar-refractivity contribution in [3.05, 3.63) is 0 Å². The molecule has 106 valence electrons. The van der Waals surface area contributed by atoms with Crippen molar-refractivity contribution in [1.82, 2.24) is 0 Å². The molecule has 0 aromatic heterocycles. The van der Waals surface area contributed by atoms with E-state index < -0.39 is 40.4 Å². The maximum Gasteiger partial charge on any atom is 0.318 e. The number of ketones is 4. The van der Waals surface area contributed by atoms with Crippen LogP contribution < -0.4 is 0 Å². The number of ether oxygens (including phenoxy) is 1. The molecular formula is C13H18O6. The Hall–Kier alpha value is -1.85. The van der Waals surface area contributed by atoms with E-state index in [0.717, 1.165) is 27.7 Å². The summed E-state index contributed by atoms with van der Waals surface area (Å²) in [5.41, 5.74) is -2.28. The summed E-state index contributed by atoms with van der Waals surface area (Å²) in [6.07, 6.45) is 0. The maximum atomic E-state index is 11.8. The van der Waals surface area contributed by atoms with Crippen LogP contribution in [0, 0.1) is 11.3 Å². The minimum atomic E-state index is -2.28. The van der Waals surface area contributed by atoms with E-state index in [4.69, 9.17) is 4.74 Å². The third kappa shape index (κ3) is 2.94. The fourth-order valence-corrected chi connectivity index (χ4v) is 2.23. The molecule has 0 bridgehead atoms. The maximum absolute atomic E-state index is 11.8. The molecule has 0 saturated carbocycles. The first-order valence-corrected chi connectivity index (χ1v) is 5.84. The van der Waals surface area contributed by atoms with Crippen molar-refractivity contribution in [1.29, 1.82) is 0 Å². The number of rotatable bonds is 7. The van der Waals surface area contributed by atoms with Crippen molar-refractivity contribution in [3.8, 4) is 0 Å². The zero-order valence-electron chi connectivity index (χ0n) is 11.7. The summed E-state index contributed by atoms with van der Waals surface area (Å²) in [7, 11) is 0. The second kappa shape index (κ2) is 6.36. The van der Waals surface area contributed by atoms with Crippen LogP contribution in [0.5, 0.6) is 0 Å². The monoisotopic (exact) mass is 270 g/mol. The van der Waals surface area contributed by atoms with Crippen molar-refractivity contribution in [2.24, 2.45) is 11.3 Å². The van der Waals surface area contributed by atoms with E-state index in [1.54, 1.807) is 0 Å². The number of hydrogen-bond acceptors (Lipinski definition) is 6. The lowest BCUT2D eigenvalue weighted by Gasteiger charge is -2.31. The van der Waals surface area contributed by atoms with Gasteiger partial charge in [0.2, 0.25) is 0 Å². The number of hydrogen-bond donors (Lipinski definition) is 0.